The molecule has 116 valence electrons. The lowest BCUT2D eigenvalue weighted by molar-refractivity contribution is 1.15. The summed E-state index contributed by atoms with van der Waals surface area (Å²) in [6.07, 6.45) is 1.72. The minimum absolute atomic E-state index is 0. The smallest absolute Gasteiger partial charge is 0.131 e. The molecule has 1 heterocycles. The standard InChI is InChI=1S/C16H14ClN3.2ClH/c17-13-4-1-11(2-5-13)10-20-14-6-3-12-7-8-19-16(18)15(12)9-14;;/h1-9,20H,10H2,(H2,18,19);2*1H. The number of benzene rings is 2. The van der Waals surface area contributed by atoms with E-state index in [1.54, 1.807) is 6.20 Å². The lowest BCUT2D eigenvalue weighted by Gasteiger charge is -2.08. The van der Waals surface area contributed by atoms with Gasteiger partial charge in [0.1, 0.15) is 5.82 Å². The molecule has 0 bridgehead atoms. The van der Waals surface area contributed by atoms with Gasteiger partial charge in [-0.3, -0.25) is 0 Å². The molecule has 0 unspecified atom stereocenters. The van der Waals surface area contributed by atoms with E-state index in [2.05, 4.69) is 10.3 Å². The van der Waals surface area contributed by atoms with Gasteiger partial charge in [0.15, 0.2) is 0 Å². The van der Waals surface area contributed by atoms with Crippen LogP contribution in [0, 0.1) is 0 Å². The molecule has 6 heteroatoms. The van der Waals surface area contributed by atoms with Crippen LogP contribution >= 0.6 is 36.4 Å². The summed E-state index contributed by atoms with van der Waals surface area (Å²) in [7, 11) is 0. The monoisotopic (exact) mass is 355 g/mol. The number of nitrogens with two attached hydrogens (primary N) is 1. The number of hydrogen-bond acceptors (Lipinski definition) is 3. The number of halogens is 3. The van der Waals surface area contributed by atoms with Gasteiger partial charge in [-0.25, -0.2) is 4.98 Å². The van der Waals surface area contributed by atoms with Crippen molar-refractivity contribution < 1.29 is 0 Å². The maximum Gasteiger partial charge on any atom is 0.131 e. The molecule has 0 aliphatic heterocycles. The SMILES string of the molecule is Cl.Cl.Nc1nccc2ccc(NCc3ccc(Cl)cc3)cc12. The molecule has 3 rings (SSSR count). The fourth-order valence-electron chi connectivity index (χ4n) is 2.11. The van der Waals surface area contributed by atoms with Crippen LogP contribution < -0.4 is 11.1 Å². The van der Waals surface area contributed by atoms with Crippen LogP contribution in [-0.4, -0.2) is 4.98 Å². The third kappa shape index (κ3) is 4.17. The van der Waals surface area contributed by atoms with E-state index in [0.29, 0.717) is 5.82 Å². The Hall–Kier alpha value is -1.68. The topological polar surface area (TPSA) is 50.9 Å². The molecule has 2 aromatic carbocycles. The summed E-state index contributed by atoms with van der Waals surface area (Å²) in [5, 5.41) is 6.18. The lowest BCUT2D eigenvalue weighted by atomic mass is 10.1. The summed E-state index contributed by atoms with van der Waals surface area (Å²) in [5.74, 6) is 0.553. The number of pyridine rings is 1. The lowest BCUT2D eigenvalue weighted by Crippen LogP contribution is -1.99. The van der Waals surface area contributed by atoms with Crippen LogP contribution in [0.5, 0.6) is 0 Å². The van der Waals surface area contributed by atoms with Gasteiger partial charge in [0.2, 0.25) is 0 Å². The Morgan fingerprint density at radius 1 is 1.00 bits per heavy atom. The second-order valence-electron chi connectivity index (χ2n) is 4.61. The van der Waals surface area contributed by atoms with Gasteiger partial charge in [0.25, 0.3) is 0 Å². The first-order valence-corrected chi connectivity index (χ1v) is 6.73. The number of nitrogens with one attached hydrogen (secondary N) is 1. The van der Waals surface area contributed by atoms with Crippen LogP contribution in [0.4, 0.5) is 11.5 Å². The fraction of sp³-hybridized carbons (Fsp3) is 0.0625. The second kappa shape index (κ2) is 8.08. The Labute approximate surface area is 146 Å². The minimum atomic E-state index is 0. The van der Waals surface area contributed by atoms with Gasteiger partial charge in [-0.15, -0.1) is 24.8 Å². The molecule has 0 radical (unpaired) electrons. The van der Waals surface area contributed by atoms with Crippen molar-refractivity contribution in [3.05, 3.63) is 65.3 Å². The van der Waals surface area contributed by atoms with Crippen LogP contribution in [0.15, 0.2) is 54.7 Å². The minimum Gasteiger partial charge on any atom is -0.383 e. The second-order valence-corrected chi connectivity index (χ2v) is 5.05. The highest BCUT2D eigenvalue weighted by atomic mass is 35.5. The maximum atomic E-state index is 5.90. The number of rotatable bonds is 3. The van der Waals surface area contributed by atoms with E-state index in [9.17, 15) is 0 Å². The third-order valence-electron chi connectivity index (χ3n) is 3.21. The summed E-state index contributed by atoms with van der Waals surface area (Å²) in [6.45, 7) is 0.739. The molecular formula is C16H16Cl3N3. The van der Waals surface area contributed by atoms with Crippen molar-refractivity contribution >= 4 is 58.7 Å². The van der Waals surface area contributed by atoms with Gasteiger partial charge in [0.05, 0.1) is 0 Å². The van der Waals surface area contributed by atoms with E-state index in [1.807, 2.05) is 48.5 Å². The van der Waals surface area contributed by atoms with Crippen LogP contribution in [0.25, 0.3) is 10.8 Å². The molecule has 0 saturated heterocycles. The van der Waals surface area contributed by atoms with E-state index in [-0.39, 0.29) is 24.8 Å². The number of hydrogen-bond donors (Lipinski definition) is 2. The van der Waals surface area contributed by atoms with Crippen LogP contribution in [0.2, 0.25) is 5.02 Å². The highest BCUT2D eigenvalue weighted by Crippen LogP contribution is 2.23. The Bertz CT molecular complexity index is 745. The average Bonchev–Trinajstić information content (AvgIpc) is 2.47. The molecule has 0 atom stereocenters. The van der Waals surface area contributed by atoms with Crippen molar-refractivity contribution in [1.82, 2.24) is 4.98 Å². The van der Waals surface area contributed by atoms with Gasteiger partial charge in [-0.2, -0.15) is 0 Å². The quantitative estimate of drug-likeness (QED) is 0.700. The number of nitrogens with zero attached hydrogens (tertiary/aromatic N) is 1. The predicted octanol–water partition coefficient (Wildman–Crippen LogP) is 4.93. The van der Waals surface area contributed by atoms with Crippen molar-refractivity contribution in [2.45, 2.75) is 6.54 Å². The van der Waals surface area contributed by atoms with Crippen molar-refractivity contribution in [3.63, 3.8) is 0 Å². The predicted molar refractivity (Wildman–Crippen MR) is 99.4 cm³/mol. The molecular weight excluding hydrogens is 341 g/mol. The molecule has 3 N–H and O–H groups in total. The molecule has 0 amide bonds. The Morgan fingerprint density at radius 2 is 1.73 bits per heavy atom. The van der Waals surface area contributed by atoms with Gasteiger partial charge in [-0.1, -0.05) is 29.8 Å². The maximum absolute atomic E-state index is 5.90. The zero-order valence-corrected chi connectivity index (χ0v) is 14.0. The first kappa shape index (κ1) is 18.4. The first-order valence-electron chi connectivity index (χ1n) is 6.35. The zero-order valence-electron chi connectivity index (χ0n) is 11.6. The molecule has 0 fully saturated rings. The first-order chi connectivity index (χ1) is 9.72. The van der Waals surface area contributed by atoms with Crippen molar-refractivity contribution in [2.24, 2.45) is 0 Å². The molecule has 0 spiro atoms. The summed E-state index contributed by atoms with van der Waals surface area (Å²) >= 11 is 5.87. The normalized spacial score (nSPS) is 9.68. The zero-order chi connectivity index (χ0) is 13.9. The third-order valence-corrected chi connectivity index (χ3v) is 3.46. The Kier molecular flexibility index (Phi) is 6.75. The molecule has 3 aromatic rings. The number of fused-ring (bicyclic) bond motifs is 1. The van der Waals surface area contributed by atoms with Crippen molar-refractivity contribution in [2.75, 3.05) is 11.1 Å². The Balaban J connectivity index is 0.00000121. The molecule has 0 aliphatic rings. The largest absolute Gasteiger partial charge is 0.383 e. The Morgan fingerprint density at radius 3 is 2.45 bits per heavy atom. The molecule has 3 nitrogen and oxygen atoms in total. The van der Waals surface area contributed by atoms with Crippen LogP contribution in [-0.2, 0) is 6.54 Å². The van der Waals surface area contributed by atoms with Crippen molar-refractivity contribution in [3.8, 4) is 0 Å². The summed E-state index contributed by atoms with van der Waals surface area (Å²) < 4.78 is 0. The summed E-state index contributed by atoms with van der Waals surface area (Å²) in [4.78, 5) is 4.11. The number of aromatic nitrogens is 1. The fourth-order valence-corrected chi connectivity index (χ4v) is 2.23. The van der Waals surface area contributed by atoms with Gasteiger partial charge in [0, 0.05) is 28.8 Å². The van der Waals surface area contributed by atoms with Crippen molar-refractivity contribution in [1.29, 1.82) is 0 Å². The van der Waals surface area contributed by atoms with E-state index < -0.39 is 0 Å². The average molecular weight is 357 g/mol. The highest BCUT2D eigenvalue weighted by Gasteiger charge is 2.01. The summed E-state index contributed by atoms with van der Waals surface area (Å²) in [5.41, 5.74) is 8.09. The number of nitrogen functional groups attached to an aromatic ring is 1. The molecule has 0 aliphatic carbocycles. The van der Waals surface area contributed by atoms with Gasteiger partial charge >= 0.3 is 0 Å². The van der Waals surface area contributed by atoms with E-state index in [1.165, 1.54) is 5.56 Å². The van der Waals surface area contributed by atoms with E-state index in [0.717, 1.165) is 28.0 Å². The number of anilines is 2. The van der Waals surface area contributed by atoms with Crippen LogP contribution in [0.3, 0.4) is 0 Å². The molecule has 1 aromatic heterocycles. The van der Waals surface area contributed by atoms with Gasteiger partial charge in [-0.05, 0) is 41.3 Å². The molecule has 0 saturated carbocycles. The van der Waals surface area contributed by atoms with E-state index >= 15 is 0 Å². The van der Waals surface area contributed by atoms with E-state index in [4.69, 9.17) is 17.3 Å². The van der Waals surface area contributed by atoms with Crippen LogP contribution in [0.1, 0.15) is 5.56 Å². The molecule has 22 heavy (non-hydrogen) atoms. The van der Waals surface area contributed by atoms with Gasteiger partial charge < -0.3 is 11.1 Å². The summed E-state index contributed by atoms with van der Waals surface area (Å²) in [6, 6.07) is 15.8. The highest BCUT2D eigenvalue weighted by molar-refractivity contribution is 6.30.